The van der Waals surface area contributed by atoms with Gasteiger partial charge in [0.2, 0.25) is 0 Å². The van der Waals surface area contributed by atoms with Crippen molar-refractivity contribution in [2.75, 3.05) is 6.61 Å². The van der Waals surface area contributed by atoms with E-state index >= 15 is 0 Å². The zero-order chi connectivity index (χ0) is 16.4. The summed E-state index contributed by atoms with van der Waals surface area (Å²) >= 11 is 0. The molecule has 0 bridgehead atoms. The van der Waals surface area contributed by atoms with E-state index in [2.05, 4.69) is 47.8 Å². The zero-order valence-electron chi connectivity index (χ0n) is 14.4. The molecule has 3 atom stereocenters. The first-order valence-corrected chi connectivity index (χ1v) is 9.30. The molecule has 0 spiro atoms. The van der Waals surface area contributed by atoms with E-state index in [0.717, 1.165) is 26.0 Å². The van der Waals surface area contributed by atoms with Gasteiger partial charge in [-0.05, 0) is 50.2 Å². The van der Waals surface area contributed by atoms with Crippen molar-refractivity contribution in [3.8, 4) is 0 Å². The predicted octanol–water partition coefficient (Wildman–Crippen LogP) is 3.27. The van der Waals surface area contributed by atoms with Crippen molar-refractivity contribution in [3.05, 3.63) is 53.3 Å². The topological polar surface area (TPSA) is 39.1 Å². The third-order valence-corrected chi connectivity index (χ3v) is 5.42. The van der Waals surface area contributed by atoms with Gasteiger partial charge in [-0.2, -0.15) is 5.10 Å². The van der Waals surface area contributed by atoms with Crippen LogP contribution in [0.4, 0.5) is 0 Å². The normalized spacial score (nSPS) is 27.0. The number of hydrogen-bond acceptors (Lipinski definition) is 3. The van der Waals surface area contributed by atoms with E-state index in [-0.39, 0.29) is 6.10 Å². The summed E-state index contributed by atoms with van der Waals surface area (Å²) in [5.74, 6) is 0. The maximum Gasteiger partial charge on any atom is 0.101 e. The minimum Gasteiger partial charge on any atom is -0.372 e. The second-order valence-corrected chi connectivity index (χ2v) is 7.04. The summed E-state index contributed by atoms with van der Waals surface area (Å²) < 4.78 is 8.12. The number of ether oxygens (including phenoxy) is 1. The van der Waals surface area contributed by atoms with E-state index in [1.807, 2.05) is 10.9 Å². The molecule has 1 N–H and O–H groups in total. The molecule has 24 heavy (non-hydrogen) atoms. The monoisotopic (exact) mass is 325 g/mol. The lowest BCUT2D eigenvalue weighted by Gasteiger charge is -2.36. The SMILES string of the molecule is CCn1cc([C@H]2OCCC[C@@H]2N[C@@H]2CCc3ccccc3C2)cn1. The van der Waals surface area contributed by atoms with Crippen molar-refractivity contribution in [2.45, 2.75) is 63.8 Å². The molecule has 0 radical (unpaired) electrons. The lowest BCUT2D eigenvalue weighted by molar-refractivity contribution is -0.0143. The largest absolute Gasteiger partial charge is 0.372 e. The van der Waals surface area contributed by atoms with E-state index in [1.54, 1.807) is 0 Å². The lowest BCUT2D eigenvalue weighted by atomic mass is 9.87. The van der Waals surface area contributed by atoms with Crippen LogP contribution in [-0.4, -0.2) is 28.5 Å². The van der Waals surface area contributed by atoms with Gasteiger partial charge in [-0.3, -0.25) is 4.68 Å². The maximum absolute atomic E-state index is 6.13. The van der Waals surface area contributed by atoms with Crippen LogP contribution in [0.25, 0.3) is 0 Å². The standard InChI is InChI=1S/C20H27N3O/c1-2-23-14-17(13-21-23)20-19(8-5-11-24-20)22-18-10-9-15-6-3-4-7-16(15)12-18/h3-4,6-7,13-14,18-20,22H,2,5,8-12H2,1H3/t18-,19+,20-/m1/s1. The fraction of sp³-hybridized carbons (Fsp3) is 0.550. The van der Waals surface area contributed by atoms with Crippen LogP contribution in [0.15, 0.2) is 36.7 Å². The summed E-state index contributed by atoms with van der Waals surface area (Å²) in [6, 6.07) is 9.81. The molecule has 0 saturated carbocycles. The lowest BCUT2D eigenvalue weighted by Crippen LogP contribution is -2.46. The molecule has 1 fully saturated rings. The number of nitrogens with zero attached hydrogens (tertiary/aromatic N) is 2. The number of aryl methyl sites for hydroxylation is 2. The molecule has 4 heteroatoms. The Kier molecular flexibility index (Phi) is 4.67. The number of hydrogen-bond donors (Lipinski definition) is 1. The third-order valence-electron chi connectivity index (χ3n) is 5.42. The number of rotatable bonds is 4. The molecule has 1 aliphatic carbocycles. The summed E-state index contributed by atoms with van der Waals surface area (Å²) in [5, 5.41) is 8.34. The molecule has 4 rings (SSSR count). The average Bonchev–Trinajstić information content (AvgIpc) is 3.11. The van der Waals surface area contributed by atoms with Crippen LogP contribution in [0.2, 0.25) is 0 Å². The van der Waals surface area contributed by atoms with E-state index < -0.39 is 0 Å². The van der Waals surface area contributed by atoms with E-state index in [1.165, 1.54) is 36.0 Å². The second kappa shape index (κ2) is 7.08. The highest BCUT2D eigenvalue weighted by atomic mass is 16.5. The van der Waals surface area contributed by atoms with E-state index in [9.17, 15) is 0 Å². The predicted molar refractivity (Wildman–Crippen MR) is 95.0 cm³/mol. The van der Waals surface area contributed by atoms with Gasteiger partial charge in [-0.15, -0.1) is 0 Å². The fourth-order valence-electron chi connectivity index (χ4n) is 4.12. The molecule has 0 unspecified atom stereocenters. The smallest absolute Gasteiger partial charge is 0.101 e. The first-order valence-electron chi connectivity index (χ1n) is 9.30. The molecule has 1 aromatic heterocycles. The fourth-order valence-corrected chi connectivity index (χ4v) is 4.12. The molecule has 2 heterocycles. The van der Waals surface area contributed by atoms with Gasteiger partial charge in [0.1, 0.15) is 6.10 Å². The Bertz CT molecular complexity index is 681. The molecule has 1 aromatic carbocycles. The van der Waals surface area contributed by atoms with Gasteiger partial charge in [0.15, 0.2) is 0 Å². The Morgan fingerprint density at radius 3 is 2.96 bits per heavy atom. The second-order valence-electron chi connectivity index (χ2n) is 7.04. The summed E-state index contributed by atoms with van der Waals surface area (Å²) in [7, 11) is 0. The molecular weight excluding hydrogens is 298 g/mol. The molecule has 1 saturated heterocycles. The molecule has 1 aliphatic heterocycles. The Labute approximate surface area is 144 Å². The minimum atomic E-state index is 0.135. The van der Waals surface area contributed by atoms with E-state index in [4.69, 9.17) is 4.74 Å². The number of fused-ring (bicyclic) bond motifs is 1. The van der Waals surface area contributed by atoms with Gasteiger partial charge in [0, 0.05) is 37.0 Å². The van der Waals surface area contributed by atoms with Crippen LogP contribution in [0.1, 0.15) is 49.0 Å². The van der Waals surface area contributed by atoms with Crippen molar-refractivity contribution in [1.82, 2.24) is 15.1 Å². The van der Waals surface area contributed by atoms with Crippen molar-refractivity contribution in [3.63, 3.8) is 0 Å². The van der Waals surface area contributed by atoms with Crippen molar-refractivity contribution < 1.29 is 4.74 Å². The number of nitrogens with one attached hydrogen (secondary N) is 1. The highest BCUT2D eigenvalue weighted by molar-refractivity contribution is 5.30. The van der Waals surface area contributed by atoms with Gasteiger partial charge in [-0.25, -0.2) is 0 Å². The number of benzene rings is 1. The van der Waals surface area contributed by atoms with Gasteiger partial charge in [-0.1, -0.05) is 24.3 Å². The van der Waals surface area contributed by atoms with Gasteiger partial charge >= 0.3 is 0 Å². The third kappa shape index (κ3) is 3.26. The summed E-state index contributed by atoms with van der Waals surface area (Å²) in [4.78, 5) is 0. The van der Waals surface area contributed by atoms with Crippen LogP contribution in [-0.2, 0) is 24.1 Å². The van der Waals surface area contributed by atoms with Crippen molar-refractivity contribution in [1.29, 1.82) is 0 Å². The molecule has 0 amide bonds. The Balaban J connectivity index is 1.46. The quantitative estimate of drug-likeness (QED) is 0.938. The maximum atomic E-state index is 6.13. The van der Waals surface area contributed by atoms with Crippen LogP contribution in [0.5, 0.6) is 0 Å². The van der Waals surface area contributed by atoms with Gasteiger partial charge < -0.3 is 10.1 Å². The first kappa shape index (κ1) is 15.9. The number of aromatic nitrogens is 2. The molecule has 4 nitrogen and oxygen atoms in total. The first-order chi connectivity index (χ1) is 11.8. The summed E-state index contributed by atoms with van der Waals surface area (Å²) in [6.07, 6.45) is 10.1. The van der Waals surface area contributed by atoms with Crippen molar-refractivity contribution >= 4 is 0 Å². The highest BCUT2D eigenvalue weighted by Crippen LogP contribution is 2.30. The Hall–Kier alpha value is -1.65. The van der Waals surface area contributed by atoms with Crippen LogP contribution < -0.4 is 5.32 Å². The van der Waals surface area contributed by atoms with Crippen LogP contribution in [0.3, 0.4) is 0 Å². The molecule has 2 aliphatic rings. The summed E-state index contributed by atoms with van der Waals surface area (Å²) in [6.45, 7) is 3.88. The Morgan fingerprint density at radius 2 is 2.12 bits per heavy atom. The highest BCUT2D eigenvalue weighted by Gasteiger charge is 2.31. The van der Waals surface area contributed by atoms with E-state index in [0.29, 0.717) is 12.1 Å². The average molecular weight is 325 g/mol. The molecule has 2 aromatic rings. The Morgan fingerprint density at radius 1 is 1.25 bits per heavy atom. The van der Waals surface area contributed by atoms with Crippen LogP contribution >= 0.6 is 0 Å². The molecular formula is C20H27N3O. The summed E-state index contributed by atoms with van der Waals surface area (Å²) in [5.41, 5.74) is 4.25. The molecule has 128 valence electrons. The van der Waals surface area contributed by atoms with Crippen molar-refractivity contribution in [2.24, 2.45) is 0 Å². The van der Waals surface area contributed by atoms with Gasteiger partial charge in [0.25, 0.3) is 0 Å². The van der Waals surface area contributed by atoms with Crippen LogP contribution in [0, 0.1) is 0 Å². The zero-order valence-corrected chi connectivity index (χ0v) is 14.4. The minimum absolute atomic E-state index is 0.135. The van der Waals surface area contributed by atoms with Gasteiger partial charge in [0.05, 0.1) is 6.20 Å².